The van der Waals surface area contributed by atoms with E-state index in [0.717, 1.165) is 30.4 Å². The Kier molecular flexibility index (Phi) is 4.01. The van der Waals surface area contributed by atoms with Gasteiger partial charge < -0.3 is 9.30 Å². The lowest BCUT2D eigenvalue weighted by molar-refractivity contribution is 0.102. The average Bonchev–Trinajstić information content (AvgIpc) is 3.33. The van der Waals surface area contributed by atoms with Gasteiger partial charge in [0.25, 0.3) is 5.91 Å². The van der Waals surface area contributed by atoms with Crippen molar-refractivity contribution in [2.75, 3.05) is 11.9 Å². The highest BCUT2D eigenvalue weighted by atomic mass is 16.5. The summed E-state index contributed by atoms with van der Waals surface area (Å²) in [6, 6.07) is 8.08. The number of rotatable bonds is 4. The number of fused-ring (bicyclic) bond motifs is 1. The van der Waals surface area contributed by atoms with Gasteiger partial charge in [-0.25, -0.2) is 0 Å². The van der Waals surface area contributed by atoms with Gasteiger partial charge in [0.2, 0.25) is 5.95 Å². The summed E-state index contributed by atoms with van der Waals surface area (Å²) in [6.07, 6.45) is 3.93. The third-order valence-corrected chi connectivity index (χ3v) is 4.50. The van der Waals surface area contributed by atoms with Crippen LogP contribution in [-0.4, -0.2) is 32.3 Å². The van der Waals surface area contributed by atoms with Crippen LogP contribution in [0.15, 0.2) is 30.5 Å². The molecule has 3 aromatic rings. The van der Waals surface area contributed by atoms with E-state index in [9.17, 15) is 4.79 Å². The quantitative estimate of drug-likeness (QED) is 0.762. The van der Waals surface area contributed by atoms with Crippen LogP contribution < -0.4 is 5.32 Å². The maximum absolute atomic E-state index is 12.5. The van der Waals surface area contributed by atoms with E-state index >= 15 is 0 Å². The van der Waals surface area contributed by atoms with E-state index in [2.05, 4.69) is 38.9 Å². The van der Waals surface area contributed by atoms with Gasteiger partial charge in [-0.15, -0.1) is 5.10 Å². The Morgan fingerprint density at radius 3 is 3.04 bits per heavy atom. The summed E-state index contributed by atoms with van der Waals surface area (Å²) < 4.78 is 7.74. The first-order valence-corrected chi connectivity index (χ1v) is 8.57. The number of carbonyl (C=O) groups is 1. The molecule has 2 aromatic heterocycles. The predicted molar refractivity (Wildman–Crippen MR) is 94.6 cm³/mol. The van der Waals surface area contributed by atoms with Crippen molar-refractivity contribution in [2.45, 2.75) is 38.8 Å². The Hall–Kier alpha value is -2.67. The predicted octanol–water partition coefficient (Wildman–Crippen LogP) is 3.44. The summed E-state index contributed by atoms with van der Waals surface area (Å²) in [5, 5.41) is 10.7. The SMILES string of the molecule is CC(C)n1ccc2cc(C(=O)Nc3n[nH]c(C4CCCO4)n3)ccc21. The minimum absolute atomic E-state index is 0.0506. The molecule has 1 aliphatic rings. The molecule has 1 aliphatic heterocycles. The topological polar surface area (TPSA) is 84.8 Å². The molecule has 1 fully saturated rings. The fraction of sp³-hybridized carbons (Fsp3) is 0.389. The second-order valence-corrected chi connectivity index (χ2v) is 6.59. The maximum atomic E-state index is 12.5. The molecule has 0 aliphatic carbocycles. The van der Waals surface area contributed by atoms with Gasteiger partial charge in [-0.2, -0.15) is 4.98 Å². The first-order valence-electron chi connectivity index (χ1n) is 8.57. The molecular formula is C18H21N5O2. The number of anilines is 1. The van der Waals surface area contributed by atoms with E-state index in [4.69, 9.17) is 4.74 Å². The zero-order chi connectivity index (χ0) is 17.4. The van der Waals surface area contributed by atoms with Gasteiger partial charge in [-0.3, -0.25) is 15.2 Å². The maximum Gasteiger partial charge on any atom is 0.258 e. The van der Waals surface area contributed by atoms with Crippen LogP contribution in [0.1, 0.15) is 55.0 Å². The zero-order valence-electron chi connectivity index (χ0n) is 14.3. The summed E-state index contributed by atoms with van der Waals surface area (Å²) in [7, 11) is 0. The van der Waals surface area contributed by atoms with E-state index in [1.165, 1.54) is 0 Å². The molecular weight excluding hydrogens is 318 g/mol. The number of aromatic amines is 1. The Labute approximate surface area is 145 Å². The molecule has 7 heteroatoms. The lowest BCUT2D eigenvalue weighted by Gasteiger charge is -2.09. The highest BCUT2D eigenvalue weighted by Gasteiger charge is 2.22. The van der Waals surface area contributed by atoms with Crippen molar-refractivity contribution in [3.05, 3.63) is 41.9 Å². The van der Waals surface area contributed by atoms with Crippen molar-refractivity contribution in [3.63, 3.8) is 0 Å². The number of nitrogens with one attached hydrogen (secondary N) is 2. The molecule has 7 nitrogen and oxygen atoms in total. The number of ether oxygens (including phenoxy) is 1. The van der Waals surface area contributed by atoms with Crippen LogP contribution in [0.4, 0.5) is 5.95 Å². The third-order valence-electron chi connectivity index (χ3n) is 4.50. The molecule has 1 amide bonds. The number of hydrogen-bond donors (Lipinski definition) is 2. The fourth-order valence-corrected chi connectivity index (χ4v) is 3.20. The lowest BCUT2D eigenvalue weighted by atomic mass is 10.1. The number of amides is 1. The fourth-order valence-electron chi connectivity index (χ4n) is 3.20. The van der Waals surface area contributed by atoms with Crippen LogP contribution in [0, 0.1) is 0 Å². The molecule has 0 saturated carbocycles. The second kappa shape index (κ2) is 6.33. The second-order valence-electron chi connectivity index (χ2n) is 6.59. The summed E-state index contributed by atoms with van der Waals surface area (Å²) in [4.78, 5) is 16.8. The molecule has 0 spiro atoms. The minimum Gasteiger partial charge on any atom is -0.370 e. The normalized spacial score (nSPS) is 17.5. The lowest BCUT2D eigenvalue weighted by Crippen LogP contribution is -2.13. The summed E-state index contributed by atoms with van der Waals surface area (Å²) >= 11 is 0. The van der Waals surface area contributed by atoms with E-state index in [1.807, 2.05) is 30.5 Å². The Morgan fingerprint density at radius 2 is 2.28 bits per heavy atom. The molecule has 1 saturated heterocycles. The van der Waals surface area contributed by atoms with Gasteiger partial charge in [-0.05, 0) is 51.0 Å². The molecule has 25 heavy (non-hydrogen) atoms. The number of carbonyl (C=O) groups excluding carboxylic acids is 1. The average molecular weight is 339 g/mol. The van der Waals surface area contributed by atoms with Crippen LogP contribution in [-0.2, 0) is 4.74 Å². The smallest absolute Gasteiger partial charge is 0.258 e. The minimum atomic E-state index is -0.225. The van der Waals surface area contributed by atoms with Gasteiger partial charge in [0.05, 0.1) is 0 Å². The van der Waals surface area contributed by atoms with Gasteiger partial charge in [0.15, 0.2) is 5.82 Å². The third kappa shape index (κ3) is 3.02. The molecule has 0 radical (unpaired) electrons. The van der Waals surface area contributed by atoms with Crippen molar-refractivity contribution in [3.8, 4) is 0 Å². The number of hydrogen-bond acceptors (Lipinski definition) is 4. The molecule has 1 atom stereocenters. The first-order chi connectivity index (χ1) is 12.1. The van der Waals surface area contributed by atoms with Crippen LogP contribution >= 0.6 is 0 Å². The van der Waals surface area contributed by atoms with E-state index in [-0.39, 0.29) is 18.0 Å². The molecule has 130 valence electrons. The monoisotopic (exact) mass is 339 g/mol. The van der Waals surface area contributed by atoms with Gasteiger partial charge in [0, 0.05) is 35.3 Å². The number of aromatic nitrogens is 4. The van der Waals surface area contributed by atoms with Gasteiger partial charge in [-0.1, -0.05) is 0 Å². The standard InChI is InChI=1S/C18H21N5O2/c1-11(2)23-8-7-12-10-13(5-6-14(12)23)17(24)20-18-19-16(21-22-18)15-4-3-9-25-15/h5-8,10-11,15H,3-4,9H2,1-2H3,(H2,19,20,21,22,24). The van der Waals surface area contributed by atoms with Gasteiger partial charge >= 0.3 is 0 Å². The molecule has 0 bridgehead atoms. The Morgan fingerprint density at radius 1 is 1.40 bits per heavy atom. The van der Waals surface area contributed by atoms with E-state index in [1.54, 1.807) is 0 Å². The van der Waals surface area contributed by atoms with E-state index < -0.39 is 0 Å². The summed E-state index contributed by atoms with van der Waals surface area (Å²) in [5.74, 6) is 0.713. The molecule has 2 N–H and O–H groups in total. The van der Waals surface area contributed by atoms with Crippen molar-refractivity contribution in [2.24, 2.45) is 0 Å². The zero-order valence-corrected chi connectivity index (χ0v) is 14.3. The van der Waals surface area contributed by atoms with Crippen molar-refractivity contribution >= 4 is 22.8 Å². The van der Waals surface area contributed by atoms with Crippen LogP contribution in [0.25, 0.3) is 10.9 Å². The van der Waals surface area contributed by atoms with E-state index in [0.29, 0.717) is 17.4 Å². The van der Waals surface area contributed by atoms with Crippen LogP contribution in [0.3, 0.4) is 0 Å². The molecule has 1 aromatic carbocycles. The van der Waals surface area contributed by atoms with Crippen molar-refractivity contribution in [1.29, 1.82) is 0 Å². The molecule has 1 unspecified atom stereocenters. The van der Waals surface area contributed by atoms with Crippen molar-refractivity contribution < 1.29 is 9.53 Å². The van der Waals surface area contributed by atoms with Crippen molar-refractivity contribution in [1.82, 2.24) is 19.7 Å². The first kappa shape index (κ1) is 15.8. The molecule has 4 rings (SSSR count). The Bertz CT molecular complexity index is 905. The highest BCUT2D eigenvalue weighted by molar-refractivity contribution is 6.05. The van der Waals surface area contributed by atoms with Crippen LogP contribution in [0.5, 0.6) is 0 Å². The number of nitrogens with zero attached hydrogens (tertiary/aromatic N) is 3. The molecule has 3 heterocycles. The van der Waals surface area contributed by atoms with Gasteiger partial charge in [0.1, 0.15) is 6.10 Å². The highest BCUT2D eigenvalue weighted by Crippen LogP contribution is 2.26. The largest absolute Gasteiger partial charge is 0.370 e. The number of H-pyrrole nitrogens is 1. The number of benzene rings is 1. The Balaban J connectivity index is 1.52. The summed E-state index contributed by atoms with van der Waals surface area (Å²) in [5.41, 5.74) is 1.70. The van der Waals surface area contributed by atoms with Crippen LogP contribution in [0.2, 0.25) is 0 Å². The summed E-state index contributed by atoms with van der Waals surface area (Å²) in [6.45, 7) is 5.01.